The summed E-state index contributed by atoms with van der Waals surface area (Å²) < 4.78 is 0. The fraction of sp³-hybridized carbons (Fsp3) is 0. The summed E-state index contributed by atoms with van der Waals surface area (Å²) in [7, 11) is 0. The molecule has 3 N–H and O–H groups in total. The Hall–Kier alpha value is -2.85. The predicted molar refractivity (Wildman–Crippen MR) is 116 cm³/mol. The number of carbonyl (C=O) groups excluding carboxylic acids is 1. The molecule has 0 aliphatic carbocycles. The number of amides is 1. The predicted octanol–water partition coefficient (Wildman–Crippen LogP) is 5.50. The number of hydrogen-bond donors (Lipinski definition) is 3. The van der Waals surface area contributed by atoms with E-state index in [2.05, 4.69) is 26.1 Å². The topological polar surface area (TPSA) is 122 Å². The molecule has 30 heavy (non-hydrogen) atoms. The SMILES string of the molecule is O=C(NNc1ncnc(Nc2ccc(Cl)cc2Cl)c1[N+](=O)[O-])c1ccc(Cl)cc1Cl. The van der Waals surface area contributed by atoms with E-state index in [1.807, 2.05) is 0 Å². The molecule has 0 unspecified atom stereocenters. The molecule has 0 bridgehead atoms. The molecule has 154 valence electrons. The second kappa shape index (κ2) is 9.31. The van der Waals surface area contributed by atoms with E-state index in [1.54, 1.807) is 6.07 Å². The van der Waals surface area contributed by atoms with Crippen molar-refractivity contribution in [2.24, 2.45) is 0 Å². The van der Waals surface area contributed by atoms with Gasteiger partial charge in [-0.25, -0.2) is 9.97 Å². The fourth-order valence-corrected chi connectivity index (χ4v) is 3.26. The van der Waals surface area contributed by atoms with Crippen molar-refractivity contribution in [3.05, 3.63) is 78.5 Å². The highest BCUT2D eigenvalue weighted by molar-refractivity contribution is 6.37. The lowest BCUT2D eigenvalue weighted by Gasteiger charge is -2.12. The Morgan fingerprint density at radius 2 is 1.57 bits per heavy atom. The highest BCUT2D eigenvalue weighted by Crippen LogP contribution is 2.34. The van der Waals surface area contributed by atoms with Crippen LogP contribution in [-0.4, -0.2) is 20.8 Å². The lowest BCUT2D eigenvalue weighted by atomic mass is 10.2. The fourth-order valence-electron chi connectivity index (χ4n) is 2.31. The zero-order chi connectivity index (χ0) is 21.8. The van der Waals surface area contributed by atoms with Gasteiger partial charge in [-0.1, -0.05) is 46.4 Å². The first-order valence-electron chi connectivity index (χ1n) is 7.99. The minimum Gasteiger partial charge on any atom is -0.333 e. The van der Waals surface area contributed by atoms with Gasteiger partial charge >= 0.3 is 5.69 Å². The van der Waals surface area contributed by atoms with Gasteiger partial charge in [0.25, 0.3) is 5.91 Å². The Morgan fingerprint density at radius 3 is 2.20 bits per heavy atom. The minimum absolute atomic E-state index is 0.108. The van der Waals surface area contributed by atoms with E-state index < -0.39 is 16.5 Å². The molecule has 3 rings (SSSR count). The summed E-state index contributed by atoms with van der Waals surface area (Å²) in [5, 5.41) is 15.5. The number of anilines is 3. The molecule has 0 spiro atoms. The summed E-state index contributed by atoms with van der Waals surface area (Å²) in [5.41, 5.74) is 4.63. The third kappa shape index (κ3) is 5.00. The van der Waals surface area contributed by atoms with Gasteiger partial charge in [-0.05, 0) is 36.4 Å². The number of aromatic nitrogens is 2. The van der Waals surface area contributed by atoms with E-state index in [-0.39, 0.29) is 27.2 Å². The Kier molecular flexibility index (Phi) is 6.78. The maximum absolute atomic E-state index is 12.3. The standard InChI is InChI=1S/C17H10Cl4N6O3/c18-8-1-3-10(11(20)5-8)17(28)26-25-16-14(27(29)30)15(22-7-23-16)24-13-4-2-9(19)6-12(13)21/h1-7H,(H,26,28)(H2,22,23,24,25). The number of nitrogens with zero attached hydrogens (tertiary/aromatic N) is 3. The summed E-state index contributed by atoms with van der Waals surface area (Å²) in [4.78, 5) is 30.9. The minimum atomic E-state index is -0.712. The summed E-state index contributed by atoms with van der Waals surface area (Å²) in [6, 6.07) is 8.83. The van der Waals surface area contributed by atoms with Gasteiger partial charge in [0, 0.05) is 10.0 Å². The number of rotatable bonds is 6. The van der Waals surface area contributed by atoms with Crippen LogP contribution in [0.15, 0.2) is 42.7 Å². The Morgan fingerprint density at radius 1 is 0.933 bits per heavy atom. The number of halogens is 4. The molecule has 0 atom stereocenters. The van der Waals surface area contributed by atoms with Gasteiger partial charge in [-0.15, -0.1) is 0 Å². The number of hydrogen-bond acceptors (Lipinski definition) is 7. The van der Waals surface area contributed by atoms with Crippen molar-refractivity contribution in [2.45, 2.75) is 0 Å². The first kappa shape index (κ1) is 21.8. The van der Waals surface area contributed by atoms with Crippen LogP contribution in [0.2, 0.25) is 20.1 Å². The van der Waals surface area contributed by atoms with Crippen molar-refractivity contribution in [2.75, 3.05) is 10.7 Å². The van der Waals surface area contributed by atoms with E-state index in [4.69, 9.17) is 46.4 Å². The van der Waals surface area contributed by atoms with Gasteiger partial charge < -0.3 is 5.32 Å². The zero-order valence-electron chi connectivity index (χ0n) is 14.6. The van der Waals surface area contributed by atoms with Crippen molar-refractivity contribution in [3.63, 3.8) is 0 Å². The monoisotopic (exact) mass is 486 g/mol. The Labute approximate surface area is 189 Å². The van der Waals surface area contributed by atoms with E-state index in [9.17, 15) is 14.9 Å². The van der Waals surface area contributed by atoms with Crippen LogP contribution in [0, 0.1) is 10.1 Å². The molecule has 0 radical (unpaired) electrons. The Balaban J connectivity index is 1.85. The molecule has 1 heterocycles. The third-order valence-electron chi connectivity index (χ3n) is 3.66. The van der Waals surface area contributed by atoms with Crippen LogP contribution < -0.4 is 16.2 Å². The number of nitrogens with one attached hydrogen (secondary N) is 3. The lowest BCUT2D eigenvalue weighted by Crippen LogP contribution is -2.30. The molecule has 1 aromatic heterocycles. The first-order valence-corrected chi connectivity index (χ1v) is 9.50. The van der Waals surface area contributed by atoms with Crippen molar-refractivity contribution in [3.8, 4) is 0 Å². The summed E-state index contributed by atoms with van der Waals surface area (Å²) in [6.45, 7) is 0. The van der Waals surface area contributed by atoms with Crippen LogP contribution in [0.5, 0.6) is 0 Å². The first-order chi connectivity index (χ1) is 14.3. The molecule has 13 heteroatoms. The smallest absolute Gasteiger partial charge is 0.333 e. The summed E-state index contributed by atoms with van der Waals surface area (Å²) >= 11 is 23.7. The van der Waals surface area contributed by atoms with Gasteiger partial charge in [0.15, 0.2) is 0 Å². The maximum Gasteiger partial charge on any atom is 0.355 e. The molecule has 0 fully saturated rings. The lowest BCUT2D eigenvalue weighted by molar-refractivity contribution is -0.383. The van der Waals surface area contributed by atoms with Crippen LogP contribution in [0.4, 0.5) is 23.0 Å². The van der Waals surface area contributed by atoms with E-state index in [0.29, 0.717) is 15.7 Å². The van der Waals surface area contributed by atoms with Gasteiger partial charge in [0.05, 0.1) is 26.2 Å². The van der Waals surface area contributed by atoms with Gasteiger partial charge in [0.1, 0.15) is 6.33 Å². The largest absolute Gasteiger partial charge is 0.355 e. The van der Waals surface area contributed by atoms with E-state index in [0.717, 1.165) is 6.33 Å². The highest BCUT2D eigenvalue weighted by Gasteiger charge is 2.24. The molecule has 1 amide bonds. The zero-order valence-corrected chi connectivity index (χ0v) is 17.6. The summed E-state index contributed by atoms with van der Waals surface area (Å²) in [5.74, 6) is -1.07. The van der Waals surface area contributed by atoms with Crippen LogP contribution in [-0.2, 0) is 0 Å². The maximum atomic E-state index is 12.3. The molecule has 0 aliphatic heterocycles. The number of hydrazine groups is 1. The van der Waals surface area contributed by atoms with Crippen molar-refractivity contribution in [1.29, 1.82) is 0 Å². The Bertz CT molecular complexity index is 1140. The number of nitro groups is 1. The van der Waals surface area contributed by atoms with Gasteiger partial charge in [-0.2, -0.15) is 0 Å². The van der Waals surface area contributed by atoms with Crippen molar-refractivity contribution in [1.82, 2.24) is 15.4 Å². The molecule has 9 nitrogen and oxygen atoms in total. The molecule has 0 saturated carbocycles. The average molecular weight is 488 g/mol. The number of carbonyl (C=O) groups is 1. The van der Waals surface area contributed by atoms with Crippen LogP contribution in [0.3, 0.4) is 0 Å². The van der Waals surface area contributed by atoms with Crippen molar-refractivity contribution >= 4 is 75.3 Å². The molecule has 0 saturated heterocycles. The van der Waals surface area contributed by atoms with Gasteiger partial charge in [0.2, 0.25) is 11.6 Å². The molecular weight excluding hydrogens is 478 g/mol. The highest BCUT2D eigenvalue weighted by atomic mass is 35.5. The second-order valence-electron chi connectivity index (χ2n) is 5.63. The molecule has 2 aromatic carbocycles. The summed E-state index contributed by atoms with van der Waals surface area (Å²) in [6.07, 6.45) is 1.07. The third-order valence-corrected chi connectivity index (χ3v) is 4.75. The number of benzene rings is 2. The quantitative estimate of drug-likeness (QED) is 0.310. The molecule has 0 aliphatic rings. The molecule has 3 aromatic rings. The van der Waals surface area contributed by atoms with Crippen LogP contribution in [0.1, 0.15) is 10.4 Å². The second-order valence-corrected chi connectivity index (χ2v) is 7.32. The van der Waals surface area contributed by atoms with Crippen LogP contribution >= 0.6 is 46.4 Å². The van der Waals surface area contributed by atoms with E-state index in [1.165, 1.54) is 30.3 Å². The van der Waals surface area contributed by atoms with E-state index >= 15 is 0 Å². The average Bonchev–Trinajstić information content (AvgIpc) is 2.68. The van der Waals surface area contributed by atoms with Crippen LogP contribution in [0.25, 0.3) is 0 Å². The van der Waals surface area contributed by atoms with Crippen molar-refractivity contribution < 1.29 is 9.72 Å². The normalized spacial score (nSPS) is 10.4. The van der Waals surface area contributed by atoms with Gasteiger partial charge in [-0.3, -0.25) is 25.8 Å². The molecular formula is C17H10Cl4N6O3.